The summed E-state index contributed by atoms with van der Waals surface area (Å²) in [5.74, 6) is -0.971. The van der Waals surface area contributed by atoms with E-state index in [9.17, 15) is 25.2 Å². The molecular weight excluding hydrogens is 292 g/mol. The van der Waals surface area contributed by atoms with E-state index in [-0.39, 0.29) is 11.1 Å². The monoisotopic (exact) mass is 314 g/mol. The normalized spacial score (nSPS) is 29.3. The molecule has 124 valence electrons. The summed E-state index contributed by atoms with van der Waals surface area (Å²) in [5, 5.41) is 48.3. The largest absolute Gasteiger partial charge is 0.453 e. The van der Waals surface area contributed by atoms with Gasteiger partial charge in [-0.3, -0.25) is 0 Å². The molecule has 7 nitrogen and oxygen atoms in total. The smallest absolute Gasteiger partial charge is 0.336 e. The van der Waals surface area contributed by atoms with Crippen molar-refractivity contribution >= 4 is 5.97 Å². The molecule has 22 heavy (non-hydrogen) atoms. The fraction of sp³-hybridized carbons (Fsp3) is 0.533. The van der Waals surface area contributed by atoms with Crippen LogP contribution in [0.25, 0.3) is 0 Å². The molecule has 0 aromatic rings. The summed E-state index contributed by atoms with van der Waals surface area (Å²) in [6.07, 6.45) is -1.71. The maximum absolute atomic E-state index is 11.5. The Kier molecular flexibility index (Phi) is 6.04. The van der Waals surface area contributed by atoms with Crippen LogP contribution in [0.15, 0.2) is 36.0 Å². The van der Waals surface area contributed by atoms with E-state index < -0.39 is 42.6 Å². The van der Waals surface area contributed by atoms with E-state index in [4.69, 9.17) is 9.84 Å². The van der Waals surface area contributed by atoms with Gasteiger partial charge in [-0.2, -0.15) is 0 Å². The molecule has 7 heteroatoms. The van der Waals surface area contributed by atoms with Gasteiger partial charge in [0.05, 0.1) is 17.8 Å². The Morgan fingerprint density at radius 2 is 2.00 bits per heavy atom. The average molecular weight is 314 g/mol. The Morgan fingerprint density at radius 1 is 1.41 bits per heavy atom. The Morgan fingerprint density at radius 3 is 2.50 bits per heavy atom. The van der Waals surface area contributed by atoms with Crippen LogP contribution < -0.4 is 0 Å². The van der Waals surface area contributed by atoms with Gasteiger partial charge >= 0.3 is 5.97 Å². The van der Waals surface area contributed by atoms with Crippen molar-refractivity contribution in [3.05, 3.63) is 36.0 Å². The highest BCUT2D eigenvalue weighted by Crippen LogP contribution is 2.25. The molecule has 0 aromatic carbocycles. The van der Waals surface area contributed by atoms with Crippen molar-refractivity contribution < 1.29 is 35.1 Å². The number of esters is 1. The molecule has 0 aliphatic heterocycles. The molecule has 5 N–H and O–H groups in total. The molecular formula is C15H22O7. The summed E-state index contributed by atoms with van der Waals surface area (Å²) in [5.41, 5.74) is -1.17. The van der Waals surface area contributed by atoms with Crippen molar-refractivity contribution in [2.75, 3.05) is 6.61 Å². The molecule has 0 fully saturated rings. The third kappa shape index (κ3) is 4.75. The molecule has 4 unspecified atom stereocenters. The standard InChI is InChI=1S/C15H22O7/c1-8(7-16)14(20)22-13-10(17)6-9(11(18)12(13)19)4-5-15(2,3)21/h4-6,10-13,16-19,21H,1,7H2,2-3H3. The van der Waals surface area contributed by atoms with Crippen molar-refractivity contribution in [3.63, 3.8) is 0 Å². The first-order chi connectivity index (χ1) is 10.1. The summed E-state index contributed by atoms with van der Waals surface area (Å²) < 4.78 is 4.86. The summed E-state index contributed by atoms with van der Waals surface area (Å²) in [6, 6.07) is 0. The van der Waals surface area contributed by atoms with E-state index in [1.807, 2.05) is 0 Å². The lowest BCUT2D eigenvalue weighted by Gasteiger charge is -2.34. The molecule has 0 bridgehead atoms. The Balaban J connectivity index is 2.91. The van der Waals surface area contributed by atoms with E-state index in [0.717, 1.165) is 0 Å². The van der Waals surface area contributed by atoms with Gasteiger partial charge in [-0.15, -0.1) is 0 Å². The number of aliphatic hydroxyl groups is 5. The first kappa shape index (κ1) is 18.5. The topological polar surface area (TPSA) is 127 Å². The Hall–Kier alpha value is -1.51. The fourth-order valence-corrected chi connectivity index (χ4v) is 1.83. The van der Waals surface area contributed by atoms with Crippen LogP contribution >= 0.6 is 0 Å². The minimum Gasteiger partial charge on any atom is -0.453 e. The zero-order valence-electron chi connectivity index (χ0n) is 12.5. The van der Waals surface area contributed by atoms with Gasteiger partial charge in [-0.1, -0.05) is 18.7 Å². The molecule has 1 rings (SSSR count). The number of hydrogen-bond acceptors (Lipinski definition) is 7. The predicted molar refractivity (Wildman–Crippen MR) is 77.6 cm³/mol. The summed E-state index contributed by atoms with van der Waals surface area (Å²) in [7, 11) is 0. The maximum Gasteiger partial charge on any atom is 0.336 e. The highest BCUT2D eigenvalue weighted by Gasteiger charge is 2.40. The zero-order valence-corrected chi connectivity index (χ0v) is 12.5. The van der Waals surface area contributed by atoms with Crippen molar-refractivity contribution in [2.24, 2.45) is 0 Å². The van der Waals surface area contributed by atoms with Crippen LogP contribution in [-0.2, 0) is 9.53 Å². The van der Waals surface area contributed by atoms with Crippen molar-refractivity contribution in [1.82, 2.24) is 0 Å². The van der Waals surface area contributed by atoms with Crippen LogP contribution in [0.4, 0.5) is 0 Å². The van der Waals surface area contributed by atoms with E-state index >= 15 is 0 Å². The summed E-state index contributed by atoms with van der Waals surface area (Å²) in [4.78, 5) is 11.5. The second-order valence-electron chi connectivity index (χ2n) is 5.71. The lowest BCUT2D eigenvalue weighted by atomic mass is 9.88. The number of hydrogen-bond donors (Lipinski definition) is 5. The highest BCUT2D eigenvalue weighted by molar-refractivity contribution is 5.88. The molecule has 0 radical (unpaired) electrons. The second kappa shape index (κ2) is 7.17. The molecule has 0 amide bonds. The lowest BCUT2D eigenvalue weighted by molar-refractivity contribution is -0.164. The lowest BCUT2D eigenvalue weighted by Crippen LogP contribution is -2.50. The van der Waals surface area contributed by atoms with Crippen LogP contribution in [0.3, 0.4) is 0 Å². The number of aliphatic hydroxyl groups excluding tert-OH is 4. The Labute approximate surface area is 128 Å². The van der Waals surface area contributed by atoms with Gasteiger partial charge in [0.25, 0.3) is 0 Å². The SMILES string of the molecule is C=C(CO)C(=O)OC1C(O)C=C(C=CC(C)(C)O)C(O)C1O. The van der Waals surface area contributed by atoms with Crippen molar-refractivity contribution in [1.29, 1.82) is 0 Å². The van der Waals surface area contributed by atoms with Gasteiger partial charge in [0.1, 0.15) is 18.3 Å². The van der Waals surface area contributed by atoms with Crippen molar-refractivity contribution in [2.45, 2.75) is 43.9 Å². The van der Waals surface area contributed by atoms with E-state index in [0.29, 0.717) is 0 Å². The van der Waals surface area contributed by atoms with E-state index in [1.54, 1.807) is 0 Å². The molecule has 0 aromatic heterocycles. The maximum atomic E-state index is 11.5. The molecule has 0 saturated carbocycles. The molecule has 1 aliphatic rings. The quantitative estimate of drug-likeness (QED) is 0.318. The highest BCUT2D eigenvalue weighted by atomic mass is 16.6. The average Bonchev–Trinajstić information content (AvgIpc) is 2.43. The number of rotatable bonds is 5. The van der Waals surface area contributed by atoms with Gasteiger partial charge in [0.2, 0.25) is 0 Å². The third-order valence-electron chi connectivity index (χ3n) is 3.11. The number of carbonyl (C=O) groups is 1. The van der Waals surface area contributed by atoms with Crippen LogP contribution in [0, 0.1) is 0 Å². The summed E-state index contributed by atoms with van der Waals surface area (Å²) in [6.45, 7) is 5.71. The van der Waals surface area contributed by atoms with Crippen LogP contribution in [0.1, 0.15) is 13.8 Å². The van der Waals surface area contributed by atoms with Gasteiger partial charge in [-0.25, -0.2) is 4.79 Å². The Bertz CT molecular complexity index is 487. The van der Waals surface area contributed by atoms with Crippen molar-refractivity contribution in [3.8, 4) is 0 Å². The van der Waals surface area contributed by atoms with Crippen LogP contribution in [0.5, 0.6) is 0 Å². The summed E-state index contributed by atoms with van der Waals surface area (Å²) >= 11 is 0. The first-order valence-corrected chi connectivity index (χ1v) is 6.74. The van der Waals surface area contributed by atoms with E-state index in [1.165, 1.54) is 32.1 Å². The molecule has 0 saturated heterocycles. The van der Waals surface area contributed by atoms with Gasteiger partial charge in [0.15, 0.2) is 6.10 Å². The minimum absolute atomic E-state index is 0.190. The van der Waals surface area contributed by atoms with Crippen LogP contribution in [0.2, 0.25) is 0 Å². The fourth-order valence-electron chi connectivity index (χ4n) is 1.83. The number of carbonyl (C=O) groups excluding carboxylic acids is 1. The second-order valence-corrected chi connectivity index (χ2v) is 5.71. The molecule has 0 spiro atoms. The first-order valence-electron chi connectivity index (χ1n) is 6.74. The molecule has 4 atom stereocenters. The van der Waals surface area contributed by atoms with Gasteiger partial charge < -0.3 is 30.3 Å². The van der Waals surface area contributed by atoms with E-state index in [2.05, 4.69) is 6.58 Å². The van der Waals surface area contributed by atoms with Gasteiger partial charge in [-0.05, 0) is 25.5 Å². The minimum atomic E-state index is -1.56. The van der Waals surface area contributed by atoms with Crippen LogP contribution in [-0.4, -0.2) is 68.1 Å². The van der Waals surface area contributed by atoms with Gasteiger partial charge in [0, 0.05) is 0 Å². The molecule has 1 aliphatic carbocycles. The zero-order chi connectivity index (χ0) is 17.1. The molecule has 0 heterocycles. The predicted octanol–water partition coefficient (Wildman–Crippen LogP) is -1.20. The third-order valence-corrected chi connectivity index (χ3v) is 3.11. The number of ether oxygens (including phenoxy) is 1.